The number of aryl methyl sites for hydroxylation is 1. The van der Waals surface area contributed by atoms with E-state index in [-0.39, 0.29) is 31.9 Å². The van der Waals surface area contributed by atoms with Crippen LogP contribution in [0.1, 0.15) is 22.8 Å². The molecule has 0 atom stereocenters. The lowest BCUT2D eigenvalue weighted by molar-refractivity contribution is -0.143. The number of ether oxygens (including phenoxy) is 2. The van der Waals surface area contributed by atoms with Crippen molar-refractivity contribution in [3.63, 3.8) is 0 Å². The fourth-order valence-electron chi connectivity index (χ4n) is 1.79. The van der Waals surface area contributed by atoms with Gasteiger partial charge in [0, 0.05) is 13.7 Å². The first-order valence-corrected chi connectivity index (χ1v) is 6.69. The lowest BCUT2D eigenvalue weighted by Crippen LogP contribution is -2.39. The van der Waals surface area contributed by atoms with Gasteiger partial charge in [-0.05, 0) is 26.0 Å². The molecule has 1 aromatic carbocycles. The number of carbonyl (C=O) groups excluding carboxylic acids is 2. The summed E-state index contributed by atoms with van der Waals surface area (Å²) < 4.78 is 23.5. The molecule has 0 aliphatic rings. The average molecular weight is 297 g/mol. The molecule has 1 rings (SSSR count). The molecule has 0 aromatic heterocycles. The topological polar surface area (TPSA) is 55.8 Å². The highest BCUT2D eigenvalue weighted by Crippen LogP contribution is 2.13. The molecule has 0 saturated heterocycles. The minimum Gasteiger partial charge on any atom is -0.465 e. The first-order chi connectivity index (χ1) is 9.99. The van der Waals surface area contributed by atoms with Gasteiger partial charge in [0.1, 0.15) is 12.4 Å². The molecule has 0 aliphatic carbocycles. The van der Waals surface area contributed by atoms with Gasteiger partial charge in [0.05, 0.1) is 18.8 Å². The number of hydrogen-bond acceptors (Lipinski definition) is 4. The van der Waals surface area contributed by atoms with Gasteiger partial charge in [0.2, 0.25) is 0 Å². The van der Waals surface area contributed by atoms with Crippen LogP contribution in [0.3, 0.4) is 0 Å². The second-order valence-corrected chi connectivity index (χ2v) is 4.51. The molecule has 21 heavy (non-hydrogen) atoms. The number of hydrogen-bond donors (Lipinski definition) is 0. The number of benzene rings is 1. The van der Waals surface area contributed by atoms with Crippen LogP contribution in [0.15, 0.2) is 18.2 Å². The Balaban J connectivity index is 2.92. The van der Waals surface area contributed by atoms with E-state index >= 15 is 0 Å². The monoisotopic (exact) mass is 297 g/mol. The highest BCUT2D eigenvalue weighted by atomic mass is 19.1. The Kier molecular flexibility index (Phi) is 6.81. The van der Waals surface area contributed by atoms with Crippen molar-refractivity contribution < 1.29 is 23.5 Å². The fourth-order valence-corrected chi connectivity index (χ4v) is 1.79. The smallest absolute Gasteiger partial charge is 0.325 e. The molecule has 1 amide bonds. The molecule has 0 unspecified atom stereocenters. The zero-order valence-electron chi connectivity index (χ0n) is 12.5. The second kappa shape index (κ2) is 8.36. The molecule has 0 saturated carbocycles. The van der Waals surface area contributed by atoms with Crippen molar-refractivity contribution >= 4 is 11.9 Å². The summed E-state index contributed by atoms with van der Waals surface area (Å²) in [7, 11) is 1.49. The van der Waals surface area contributed by atoms with E-state index in [2.05, 4.69) is 0 Å². The molecular formula is C15H20FNO4. The molecule has 0 radical (unpaired) electrons. The molecule has 0 bridgehead atoms. The predicted octanol–water partition coefficient (Wildman–Crippen LogP) is 1.79. The second-order valence-electron chi connectivity index (χ2n) is 4.51. The van der Waals surface area contributed by atoms with Crippen LogP contribution in [0.4, 0.5) is 4.39 Å². The summed E-state index contributed by atoms with van der Waals surface area (Å²) in [5.41, 5.74) is 0.706. The van der Waals surface area contributed by atoms with Gasteiger partial charge >= 0.3 is 5.97 Å². The third-order valence-electron chi connectivity index (χ3n) is 2.83. The molecule has 0 fully saturated rings. The lowest BCUT2D eigenvalue weighted by Gasteiger charge is -2.21. The van der Waals surface area contributed by atoms with E-state index in [1.807, 2.05) is 0 Å². The van der Waals surface area contributed by atoms with Gasteiger partial charge in [-0.1, -0.05) is 11.6 Å². The third kappa shape index (κ3) is 5.15. The number of amides is 1. The Labute approximate surface area is 123 Å². The molecule has 0 N–H and O–H groups in total. The SMILES string of the molecule is CCOC(=O)CN(CCOC)C(=O)c1cc(C)ccc1F. The summed E-state index contributed by atoms with van der Waals surface area (Å²) in [6, 6.07) is 4.28. The van der Waals surface area contributed by atoms with Gasteiger partial charge in [-0.15, -0.1) is 0 Å². The Morgan fingerprint density at radius 1 is 1.33 bits per heavy atom. The first-order valence-electron chi connectivity index (χ1n) is 6.69. The minimum absolute atomic E-state index is 0.0598. The summed E-state index contributed by atoms with van der Waals surface area (Å²) in [5, 5.41) is 0. The molecule has 116 valence electrons. The van der Waals surface area contributed by atoms with E-state index in [0.29, 0.717) is 0 Å². The van der Waals surface area contributed by atoms with Crippen LogP contribution in [-0.4, -0.2) is 50.2 Å². The van der Waals surface area contributed by atoms with Gasteiger partial charge in [-0.3, -0.25) is 9.59 Å². The molecule has 6 heteroatoms. The molecule has 0 heterocycles. The van der Waals surface area contributed by atoms with Crippen molar-refractivity contribution in [3.8, 4) is 0 Å². The Hall–Kier alpha value is -1.95. The van der Waals surface area contributed by atoms with E-state index in [0.717, 1.165) is 5.56 Å². The standard InChI is InChI=1S/C15H20FNO4/c1-4-21-14(18)10-17(7-8-20-3)15(19)12-9-11(2)5-6-13(12)16/h5-6,9H,4,7-8,10H2,1-3H3. The van der Waals surface area contributed by atoms with Gasteiger partial charge in [-0.2, -0.15) is 0 Å². The molecule has 1 aromatic rings. The van der Waals surface area contributed by atoms with E-state index in [9.17, 15) is 14.0 Å². The minimum atomic E-state index is -0.614. The van der Waals surface area contributed by atoms with Gasteiger partial charge in [-0.25, -0.2) is 4.39 Å². The number of carbonyl (C=O) groups is 2. The number of esters is 1. The van der Waals surface area contributed by atoms with Crippen molar-refractivity contribution in [1.29, 1.82) is 0 Å². The Morgan fingerprint density at radius 3 is 2.67 bits per heavy atom. The van der Waals surface area contributed by atoms with Gasteiger partial charge < -0.3 is 14.4 Å². The summed E-state index contributed by atoms with van der Waals surface area (Å²) in [6.07, 6.45) is 0. The van der Waals surface area contributed by atoms with Crippen LogP contribution in [0.2, 0.25) is 0 Å². The number of methoxy groups -OCH3 is 1. The van der Waals surface area contributed by atoms with Crippen molar-refractivity contribution in [3.05, 3.63) is 35.1 Å². The number of rotatable bonds is 7. The summed E-state index contributed by atoms with van der Waals surface area (Å²) in [4.78, 5) is 25.2. The van der Waals surface area contributed by atoms with Crippen LogP contribution in [0.25, 0.3) is 0 Å². The quantitative estimate of drug-likeness (QED) is 0.720. The highest BCUT2D eigenvalue weighted by molar-refractivity contribution is 5.96. The highest BCUT2D eigenvalue weighted by Gasteiger charge is 2.22. The summed E-state index contributed by atoms with van der Waals surface area (Å²) in [5.74, 6) is -1.70. The number of nitrogens with zero attached hydrogens (tertiary/aromatic N) is 1. The van der Waals surface area contributed by atoms with E-state index in [1.54, 1.807) is 19.9 Å². The fraction of sp³-hybridized carbons (Fsp3) is 0.467. The van der Waals surface area contributed by atoms with Crippen LogP contribution in [-0.2, 0) is 14.3 Å². The first kappa shape index (κ1) is 17.1. The van der Waals surface area contributed by atoms with Crippen LogP contribution < -0.4 is 0 Å². The predicted molar refractivity (Wildman–Crippen MR) is 75.5 cm³/mol. The van der Waals surface area contributed by atoms with Gasteiger partial charge in [0.15, 0.2) is 0 Å². The van der Waals surface area contributed by atoms with Crippen molar-refractivity contribution in [1.82, 2.24) is 4.90 Å². The van der Waals surface area contributed by atoms with Crippen LogP contribution >= 0.6 is 0 Å². The van der Waals surface area contributed by atoms with Crippen molar-refractivity contribution in [2.75, 3.05) is 33.4 Å². The maximum Gasteiger partial charge on any atom is 0.325 e. The molecule has 0 spiro atoms. The Morgan fingerprint density at radius 2 is 2.05 bits per heavy atom. The van der Waals surface area contributed by atoms with Crippen molar-refractivity contribution in [2.45, 2.75) is 13.8 Å². The lowest BCUT2D eigenvalue weighted by atomic mass is 10.1. The maximum absolute atomic E-state index is 13.8. The van der Waals surface area contributed by atoms with Crippen LogP contribution in [0, 0.1) is 12.7 Å². The maximum atomic E-state index is 13.8. The zero-order valence-corrected chi connectivity index (χ0v) is 12.5. The molecule has 0 aliphatic heterocycles. The van der Waals surface area contributed by atoms with E-state index in [4.69, 9.17) is 9.47 Å². The average Bonchev–Trinajstić information content (AvgIpc) is 2.45. The normalized spacial score (nSPS) is 10.3. The van der Waals surface area contributed by atoms with Crippen LogP contribution in [0.5, 0.6) is 0 Å². The largest absolute Gasteiger partial charge is 0.465 e. The third-order valence-corrected chi connectivity index (χ3v) is 2.83. The summed E-state index contributed by atoms with van der Waals surface area (Å²) in [6.45, 7) is 3.87. The number of halogens is 1. The molecule has 5 nitrogen and oxygen atoms in total. The zero-order chi connectivity index (χ0) is 15.8. The van der Waals surface area contributed by atoms with Crippen molar-refractivity contribution in [2.24, 2.45) is 0 Å². The Bertz CT molecular complexity index is 504. The van der Waals surface area contributed by atoms with E-state index < -0.39 is 17.7 Å². The molecular weight excluding hydrogens is 277 g/mol. The van der Waals surface area contributed by atoms with Gasteiger partial charge in [0.25, 0.3) is 5.91 Å². The van der Waals surface area contributed by atoms with E-state index in [1.165, 1.54) is 24.1 Å². The summed E-state index contributed by atoms with van der Waals surface area (Å²) >= 11 is 0.